The lowest BCUT2D eigenvalue weighted by Crippen LogP contribution is -2.52. The van der Waals surface area contributed by atoms with Crippen molar-refractivity contribution >= 4 is 23.8 Å². The van der Waals surface area contributed by atoms with Crippen LogP contribution in [0.3, 0.4) is 0 Å². The Morgan fingerprint density at radius 1 is 1.26 bits per heavy atom. The zero-order valence-corrected chi connectivity index (χ0v) is 11.5. The molecule has 1 aromatic carbocycles. The van der Waals surface area contributed by atoms with E-state index in [1.807, 2.05) is 6.08 Å². The van der Waals surface area contributed by atoms with Gasteiger partial charge in [0.15, 0.2) is 0 Å². The minimum Gasteiger partial charge on any atom is -0.669 e. The van der Waals surface area contributed by atoms with Crippen LogP contribution < -0.4 is 10.2 Å². The van der Waals surface area contributed by atoms with Gasteiger partial charge in [-0.05, 0) is 37.5 Å². The molecule has 0 aromatic heterocycles. The Bertz CT molecular complexity index is 458. The van der Waals surface area contributed by atoms with E-state index in [1.165, 1.54) is 0 Å². The zero-order chi connectivity index (χ0) is 13.9. The van der Waals surface area contributed by atoms with Gasteiger partial charge in [-0.25, -0.2) is 0 Å². The van der Waals surface area contributed by atoms with Crippen molar-refractivity contribution in [3.63, 3.8) is 0 Å². The van der Waals surface area contributed by atoms with E-state index in [0.717, 1.165) is 19.3 Å². The summed E-state index contributed by atoms with van der Waals surface area (Å²) in [5.74, 6) is 1.08. The van der Waals surface area contributed by atoms with Gasteiger partial charge in [-0.3, -0.25) is 0 Å². The summed E-state index contributed by atoms with van der Waals surface area (Å²) in [6, 6.07) is 6.42. The Hall–Kier alpha value is -1.17. The van der Waals surface area contributed by atoms with E-state index in [2.05, 4.69) is 0 Å². The van der Waals surface area contributed by atoms with Crippen molar-refractivity contribution < 1.29 is 19.4 Å². The average molecular weight is 284 g/mol. The van der Waals surface area contributed by atoms with Crippen LogP contribution >= 0.6 is 11.6 Å². The molecular formula is C13H17BClO4-. The third-order valence-electron chi connectivity index (χ3n) is 3.17. The molecule has 2 N–H and O–H groups in total. The molecule has 0 fully saturated rings. The molecule has 2 rings (SSSR count). The fourth-order valence-corrected chi connectivity index (χ4v) is 2.34. The second-order valence-corrected chi connectivity index (χ2v) is 5.13. The number of benzene rings is 1. The number of allylic oxidation sites excluding steroid dienone is 2. The van der Waals surface area contributed by atoms with E-state index < -0.39 is 6.75 Å². The summed E-state index contributed by atoms with van der Waals surface area (Å²) in [7, 11) is 1.55. The maximum absolute atomic E-state index is 10.1. The van der Waals surface area contributed by atoms with Crippen LogP contribution in [0, 0.1) is 0 Å². The van der Waals surface area contributed by atoms with Crippen LogP contribution in [0.2, 0.25) is 0 Å². The Kier molecular flexibility index (Phi) is 4.40. The van der Waals surface area contributed by atoms with Crippen molar-refractivity contribution in [2.45, 2.75) is 24.6 Å². The first kappa shape index (κ1) is 14.2. The Morgan fingerprint density at radius 3 is 2.53 bits per heavy atom. The van der Waals surface area contributed by atoms with Crippen LogP contribution in [-0.2, 0) is 4.65 Å². The summed E-state index contributed by atoms with van der Waals surface area (Å²) in [4.78, 5) is 0. The average Bonchev–Trinajstić information content (AvgIpc) is 2.41. The minimum absolute atomic E-state index is 0.288. The quantitative estimate of drug-likeness (QED) is 0.650. The van der Waals surface area contributed by atoms with Gasteiger partial charge in [-0.2, -0.15) is 0 Å². The molecule has 1 atom stereocenters. The van der Waals surface area contributed by atoms with Crippen molar-refractivity contribution in [3.05, 3.63) is 36.1 Å². The highest BCUT2D eigenvalue weighted by molar-refractivity contribution is 6.73. The van der Waals surface area contributed by atoms with E-state index in [-0.39, 0.29) is 10.8 Å². The van der Waals surface area contributed by atoms with E-state index in [0.29, 0.717) is 11.5 Å². The molecule has 1 aliphatic rings. The van der Waals surface area contributed by atoms with Crippen LogP contribution in [0.15, 0.2) is 36.1 Å². The van der Waals surface area contributed by atoms with Crippen LogP contribution in [0.4, 0.5) is 0 Å². The van der Waals surface area contributed by atoms with Gasteiger partial charge in [0.1, 0.15) is 5.75 Å². The highest BCUT2D eigenvalue weighted by atomic mass is 35.5. The summed E-state index contributed by atoms with van der Waals surface area (Å²) >= 11 is 6.10. The smallest absolute Gasteiger partial charge is 0.461 e. The maximum atomic E-state index is 10.1. The van der Waals surface area contributed by atoms with Gasteiger partial charge in [0.2, 0.25) is 0 Å². The summed E-state index contributed by atoms with van der Waals surface area (Å²) < 4.78 is 10.3. The number of halogens is 1. The third-order valence-corrected chi connectivity index (χ3v) is 3.60. The van der Waals surface area contributed by atoms with Gasteiger partial charge in [-0.15, -0.1) is 17.1 Å². The molecule has 0 heterocycles. The minimum atomic E-state index is -3.09. The summed E-state index contributed by atoms with van der Waals surface area (Å²) in [6.45, 7) is -3.09. The second-order valence-electron chi connectivity index (χ2n) is 4.60. The van der Waals surface area contributed by atoms with Gasteiger partial charge in [0, 0.05) is 0 Å². The van der Waals surface area contributed by atoms with Crippen LogP contribution in [-0.4, -0.2) is 29.3 Å². The van der Waals surface area contributed by atoms with Crippen molar-refractivity contribution in [1.29, 1.82) is 0 Å². The van der Waals surface area contributed by atoms with Gasteiger partial charge >= 0.3 is 6.75 Å². The fraction of sp³-hybridized carbons (Fsp3) is 0.385. The molecule has 19 heavy (non-hydrogen) atoms. The van der Waals surface area contributed by atoms with Crippen LogP contribution in [0.25, 0.3) is 0 Å². The number of hydrogen-bond acceptors (Lipinski definition) is 4. The van der Waals surface area contributed by atoms with E-state index >= 15 is 0 Å². The zero-order valence-electron chi connectivity index (χ0n) is 10.8. The topological polar surface area (TPSA) is 58.9 Å². The Labute approximate surface area is 117 Å². The van der Waals surface area contributed by atoms with Gasteiger partial charge in [0.05, 0.1) is 18.2 Å². The molecule has 6 heteroatoms. The van der Waals surface area contributed by atoms with E-state index in [9.17, 15) is 10.0 Å². The first-order valence-corrected chi connectivity index (χ1v) is 6.73. The molecule has 1 aliphatic carbocycles. The van der Waals surface area contributed by atoms with Crippen LogP contribution in [0.5, 0.6) is 5.75 Å². The maximum Gasteiger partial charge on any atom is 0.461 e. The highest BCUT2D eigenvalue weighted by Gasteiger charge is 2.28. The third kappa shape index (κ3) is 3.44. The lowest BCUT2D eigenvalue weighted by Gasteiger charge is -2.35. The molecule has 0 saturated carbocycles. The predicted octanol–water partition coefficient (Wildman–Crippen LogP) is 1.52. The van der Waals surface area contributed by atoms with Crippen molar-refractivity contribution in [2.24, 2.45) is 0 Å². The number of alkyl halides is 1. The van der Waals surface area contributed by atoms with E-state index in [4.69, 9.17) is 21.0 Å². The summed E-state index contributed by atoms with van der Waals surface area (Å²) in [6.07, 6.45) is 4.42. The second kappa shape index (κ2) is 5.86. The van der Waals surface area contributed by atoms with Crippen LogP contribution in [0.1, 0.15) is 19.3 Å². The lowest BCUT2D eigenvalue weighted by molar-refractivity contribution is 0.203. The molecule has 0 bridgehead atoms. The molecule has 0 amide bonds. The summed E-state index contributed by atoms with van der Waals surface area (Å²) in [5, 5.41) is 19.9. The van der Waals surface area contributed by atoms with Crippen molar-refractivity contribution in [1.82, 2.24) is 0 Å². The summed E-state index contributed by atoms with van der Waals surface area (Å²) in [5.41, 5.74) is 0.288. The number of methoxy groups -OCH3 is 1. The van der Waals surface area contributed by atoms with Gasteiger partial charge in [-0.1, -0.05) is 12.1 Å². The number of hydrogen-bond donors (Lipinski definition) is 2. The molecule has 4 nitrogen and oxygen atoms in total. The van der Waals surface area contributed by atoms with Crippen molar-refractivity contribution in [2.75, 3.05) is 7.11 Å². The number of ether oxygens (including phenoxy) is 1. The Balaban J connectivity index is 2.14. The molecule has 104 valence electrons. The molecule has 0 aliphatic heterocycles. The first-order valence-electron chi connectivity index (χ1n) is 6.29. The van der Waals surface area contributed by atoms with Crippen molar-refractivity contribution in [3.8, 4) is 5.75 Å². The largest absolute Gasteiger partial charge is 0.669 e. The molecule has 0 spiro atoms. The number of rotatable bonds is 4. The molecule has 0 saturated heterocycles. The lowest BCUT2D eigenvalue weighted by atomic mass is 9.70. The molecular weight excluding hydrogens is 266 g/mol. The Morgan fingerprint density at radius 2 is 1.95 bits per heavy atom. The van der Waals surface area contributed by atoms with E-state index in [1.54, 1.807) is 31.4 Å². The predicted molar refractivity (Wildman–Crippen MR) is 75.5 cm³/mol. The SMILES string of the molecule is COc1ccc([B-](O)(O)OC2=CCCCC2Cl)cc1. The monoisotopic (exact) mass is 283 g/mol. The van der Waals surface area contributed by atoms with Gasteiger partial charge in [0.25, 0.3) is 0 Å². The fourth-order valence-electron chi connectivity index (χ4n) is 2.05. The standard InChI is InChI=1S/C13H17BClO4/c1-18-11-8-6-10(7-9-11)14(16,17)19-13-5-3-2-4-12(13)15/h5-9,12,16-17H,2-4H2,1H3/q-1. The molecule has 1 aromatic rings. The van der Waals surface area contributed by atoms with Gasteiger partial charge < -0.3 is 19.4 Å². The molecule has 0 radical (unpaired) electrons. The molecule has 1 unspecified atom stereocenters. The highest BCUT2D eigenvalue weighted by Crippen LogP contribution is 2.25. The first-order chi connectivity index (χ1) is 9.03. The normalized spacial score (nSPS) is 19.8.